The van der Waals surface area contributed by atoms with E-state index in [1.165, 1.54) is 11.1 Å². The average Bonchev–Trinajstić information content (AvgIpc) is 2.67. The molecule has 0 amide bonds. The molecule has 1 N–H and O–H groups in total. The van der Waals surface area contributed by atoms with Crippen molar-refractivity contribution < 1.29 is 9.53 Å². The third-order valence-electron chi connectivity index (χ3n) is 1.87. The van der Waals surface area contributed by atoms with Gasteiger partial charge >= 0.3 is 0 Å². The third-order valence-corrected chi connectivity index (χ3v) is 1.87. The number of carbonyl (C=O) groups is 1. The third kappa shape index (κ3) is 3.14. The summed E-state index contributed by atoms with van der Waals surface area (Å²) in [5.41, 5.74) is 2.74. The molecule has 14 heavy (non-hydrogen) atoms. The normalized spacial score (nSPS) is 12.4. The summed E-state index contributed by atoms with van der Waals surface area (Å²) in [6, 6.07) is 2.06. The fourth-order valence-corrected chi connectivity index (χ4v) is 1.19. The molecule has 0 bridgehead atoms. The topological polar surface area (TPSA) is 51.2 Å². The Balaban J connectivity index is 0.000000171. The molecule has 1 aromatic heterocycles. The molecule has 0 spiro atoms. The number of aromatic nitrogens is 1. The molecule has 1 aromatic rings. The van der Waals surface area contributed by atoms with Crippen molar-refractivity contribution in [2.75, 3.05) is 6.61 Å². The zero-order valence-electron chi connectivity index (χ0n) is 8.19. The Kier molecular flexibility index (Phi) is 4.64. The summed E-state index contributed by atoms with van der Waals surface area (Å²) < 4.78 is 4.15. The average molecular weight is 194 g/mol. The fraction of sp³-hybridized carbons (Fsp3) is 0.400. The second-order valence-electron chi connectivity index (χ2n) is 2.80. The molecule has 0 aromatic carbocycles. The fourth-order valence-electron chi connectivity index (χ4n) is 1.19. The SMILES string of the molecule is CCOC=O.c1cc2c(cn1)CNC2. The summed E-state index contributed by atoms with van der Waals surface area (Å²) in [4.78, 5) is 13.2. The number of rotatable bonds is 2. The van der Waals surface area contributed by atoms with Crippen LogP contribution in [-0.2, 0) is 22.6 Å². The van der Waals surface area contributed by atoms with Crippen molar-refractivity contribution in [1.29, 1.82) is 0 Å². The first-order valence-corrected chi connectivity index (χ1v) is 4.56. The Bertz CT molecular complexity index is 266. The Morgan fingerprint density at radius 2 is 2.36 bits per heavy atom. The number of nitrogens with one attached hydrogen (secondary N) is 1. The number of fused-ring (bicyclic) bond motifs is 1. The first-order valence-electron chi connectivity index (χ1n) is 4.56. The van der Waals surface area contributed by atoms with Crippen molar-refractivity contribution in [3.8, 4) is 0 Å². The predicted octanol–water partition coefficient (Wildman–Crippen LogP) is 0.864. The van der Waals surface area contributed by atoms with E-state index in [-0.39, 0.29) is 0 Å². The molecular formula is C10H14N2O2. The van der Waals surface area contributed by atoms with E-state index < -0.39 is 0 Å². The van der Waals surface area contributed by atoms with Gasteiger partial charge < -0.3 is 10.1 Å². The molecule has 76 valence electrons. The van der Waals surface area contributed by atoms with Crippen LogP contribution in [0, 0.1) is 0 Å². The van der Waals surface area contributed by atoms with Crippen LogP contribution in [0.1, 0.15) is 18.1 Å². The molecule has 0 saturated heterocycles. The van der Waals surface area contributed by atoms with Gasteiger partial charge in [-0.1, -0.05) is 0 Å². The quantitative estimate of drug-likeness (QED) is 0.709. The Morgan fingerprint density at radius 1 is 1.57 bits per heavy atom. The zero-order valence-corrected chi connectivity index (χ0v) is 8.19. The maximum atomic E-state index is 9.18. The van der Waals surface area contributed by atoms with Crippen molar-refractivity contribution in [1.82, 2.24) is 10.3 Å². The van der Waals surface area contributed by atoms with Crippen molar-refractivity contribution >= 4 is 6.47 Å². The van der Waals surface area contributed by atoms with Gasteiger partial charge in [-0.3, -0.25) is 9.78 Å². The minimum absolute atomic E-state index is 0.431. The highest BCUT2D eigenvalue weighted by atomic mass is 16.5. The maximum Gasteiger partial charge on any atom is 0.293 e. The molecule has 4 nitrogen and oxygen atoms in total. The standard InChI is InChI=1S/C7H8N2.C3H6O2/c1-2-8-4-7-5-9-3-6(1)7;1-2-5-3-4/h1-2,4,9H,3,5H2;3H,2H2,1H3. The molecule has 1 aliphatic heterocycles. The maximum absolute atomic E-state index is 9.18. The van der Waals surface area contributed by atoms with Gasteiger partial charge in [0.2, 0.25) is 0 Å². The molecule has 4 heteroatoms. The van der Waals surface area contributed by atoms with Crippen LogP contribution in [0.3, 0.4) is 0 Å². The van der Waals surface area contributed by atoms with Crippen LogP contribution < -0.4 is 5.32 Å². The van der Waals surface area contributed by atoms with E-state index in [9.17, 15) is 4.79 Å². The summed E-state index contributed by atoms with van der Waals surface area (Å²) in [6.07, 6.45) is 3.77. The van der Waals surface area contributed by atoms with Gasteiger partial charge in [0.15, 0.2) is 0 Å². The van der Waals surface area contributed by atoms with Gasteiger partial charge in [0.05, 0.1) is 6.61 Å². The van der Waals surface area contributed by atoms with Crippen molar-refractivity contribution in [2.45, 2.75) is 20.0 Å². The Morgan fingerprint density at radius 3 is 2.93 bits per heavy atom. The van der Waals surface area contributed by atoms with Crippen LogP contribution >= 0.6 is 0 Å². The van der Waals surface area contributed by atoms with Crippen LogP contribution in [0.5, 0.6) is 0 Å². The molecule has 0 fully saturated rings. The van der Waals surface area contributed by atoms with Crippen LogP contribution in [0.2, 0.25) is 0 Å². The van der Waals surface area contributed by atoms with Crippen LogP contribution in [0.25, 0.3) is 0 Å². The first-order chi connectivity index (χ1) is 6.88. The van der Waals surface area contributed by atoms with Gasteiger partial charge in [0.1, 0.15) is 0 Å². The van der Waals surface area contributed by atoms with E-state index in [1.807, 2.05) is 12.4 Å². The number of ether oxygens (including phenoxy) is 1. The summed E-state index contributed by atoms with van der Waals surface area (Å²) in [6.45, 7) is 4.67. The summed E-state index contributed by atoms with van der Waals surface area (Å²) in [7, 11) is 0. The molecule has 2 heterocycles. The number of hydrogen-bond donors (Lipinski definition) is 1. The van der Waals surface area contributed by atoms with Gasteiger partial charge in [-0.05, 0) is 24.1 Å². The van der Waals surface area contributed by atoms with Gasteiger partial charge in [0.25, 0.3) is 6.47 Å². The van der Waals surface area contributed by atoms with Crippen molar-refractivity contribution in [3.05, 3.63) is 29.6 Å². The Labute approximate surface area is 83.3 Å². The number of hydrogen-bond acceptors (Lipinski definition) is 4. The molecule has 0 aliphatic carbocycles. The second kappa shape index (κ2) is 6.10. The molecule has 0 saturated carbocycles. The smallest absolute Gasteiger partial charge is 0.293 e. The number of pyridine rings is 1. The lowest BCUT2D eigenvalue weighted by molar-refractivity contribution is -0.128. The monoisotopic (exact) mass is 194 g/mol. The van der Waals surface area contributed by atoms with Gasteiger partial charge in [0, 0.05) is 25.5 Å². The number of nitrogens with zero attached hydrogens (tertiary/aromatic N) is 1. The van der Waals surface area contributed by atoms with E-state index in [0.29, 0.717) is 13.1 Å². The van der Waals surface area contributed by atoms with Crippen LogP contribution in [0.15, 0.2) is 18.5 Å². The lowest BCUT2D eigenvalue weighted by atomic mass is 10.2. The second-order valence-corrected chi connectivity index (χ2v) is 2.80. The van der Waals surface area contributed by atoms with Crippen LogP contribution in [-0.4, -0.2) is 18.1 Å². The Hall–Kier alpha value is -1.42. The molecule has 0 radical (unpaired) electrons. The molecule has 0 atom stereocenters. The van der Waals surface area contributed by atoms with E-state index in [0.717, 1.165) is 13.1 Å². The van der Waals surface area contributed by atoms with E-state index in [4.69, 9.17) is 0 Å². The molecular weight excluding hydrogens is 180 g/mol. The first kappa shape index (κ1) is 10.7. The summed E-state index contributed by atoms with van der Waals surface area (Å²) in [5.74, 6) is 0. The van der Waals surface area contributed by atoms with Gasteiger partial charge in [-0.15, -0.1) is 0 Å². The predicted molar refractivity (Wildman–Crippen MR) is 52.5 cm³/mol. The number of carbonyl (C=O) groups excluding carboxylic acids is 1. The minimum Gasteiger partial charge on any atom is -0.468 e. The van der Waals surface area contributed by atoms with Crippen molar-refractivity contribution in [2.24, 2.45) is 0 Å². The van der Waals surface area contributed by atoms with E-state index in [1.54, 1.807) is 6.92 Å². The summed E-state index contributed by atoms with van der Waals surface area (Å²) >= 11 is 0. The lowest BCUT2D eigenvalue weighted by Crippen LogP contribution is -1.99. The highest BCUT2D eigenvalue weighted by Crippen LogP contribution is 2.11. The molecule has 0 unspecified atom stereocenters. The van der Waals surface area contributed by atoms with Crippen LogP contribution in [0.4, 0.5) is 0 Å². The minimum atomic E-state index is 0.431. The molecule has 2 rings (SSSR count). The molecule has 1 aliphatic rings. The largest absolute Gasteiger partial charge is 0.468 e. The van der Waals surface area contributed by atoms with Gasteiger partial charge in [-0.2, -0.15) is 0 Å². The van der Waals surface area contributed by atoms with Gasteiger partial charge in [-0.25, -0.2) is 0 Å². The highest BCUT2D eigenvalue weighted by molar-refractivity contribution is 5.36. The lowest BCUT2D eigenvalue weighted by Gasteiger charge is -1.90. The zero-order chi connectivity index (χ0) is 10.2. The van der Waals surface area contributed by atoms with E-state index in [2.05, 4.69) is 21.1 Å². The van der Waals surface area contributed by atoms with Crippen molar-refractivity contribution in [3.63, 3.8) is 0 Å². The highest BCUT2D eigenvalue weighted by Gasteiger charge is 2.06. The van der Waals surface area contributed by atoms with E-state index >= 15 is 0 Å². The summed E-state index contributed by atoms with van der Waals surface area (Å²) in [5, 5.41) is 3.25.